The Bertz CT molecular complexity index is 125. The lowest BCUT2D eigenvalue weighted by Crippen LogP contribution is -2.54. The first-order valence-electron chi connectivity index (χ1n) is 4.39. The zero-order valence-corrected chi connectivity index (χ0v) is 6.69. The Kier molecular flexibility index (Phi) is 1.17. The number of hydrogen-bond donors (Lipinski definition) is 1. The predicted octanol–water partition coefficient (Wildman–Crippen LogP) is 2.09. The van der Waals surface area contributed by atoms with Crippen molar-refractivity contribution in [2.24, 2.45) is 5.41 Å². The highest BCUT2D eigenvalue weighted by Crippen LogP contribution is 2.56. The van der Waals surface area contributed by atoms with E-state index in [2.05, 4.69) is 6.92 Å². The molecule has 2 fully saturated rings. The Morgan fingerprint density at radius 3 is 1.60 bits per heavy atom. The molecule has 0 aliphatic heterocycles. The lowest BCUT2D eigenvalue weighted by Gasteiger charge is -2.56. The molecule has 0 aromatic rings. The predicted molar refractivity (Wildman–Crippen MR) is 40.8 cm³/mol. The van der Waals surface area contributed by atoms with E-state index in [4.69, 9.17) is 0 Å². The summed E-state index contributed by atoms with van der Waals surface area (Å²) in [5, 5.41) is 9.99. The normalized spacial score (nSPS) is 34.2. The number of rotatable bonds is 1. The lowest BCUT2D eigenvalue weighted by molar-refractivity contribution is -0.165. The molecule has 2 aliphatic rings. The van der Waals surface area contributed by atoms with Gasteiger partial charge in [0.1, 0.15) is 0 Å². The summed E-state index contributed by atoms with van der Waals surface area (Å²) >= 11 is 0. The van der Waals surface area contributed by atoms with Crippen molar-refractivity contribution >= 4 is 0 Å². The van der Waals surface area contributed by atoms with E-state index >= 15 is 0 Å². The second kappa shape index (κ2) is 1.76. The van der Waals surface area contributed by atoms with E-state index in [0.717, 1.165) is 12.8 Å². The van der Waals surface area contributed by atoms with E-state index in [-0.39, 0.29) is 5.60 Å². The molecule has 0 unspecified atom stereocenters. The van der Waals surface area contributed by atoms with Crippen molar-refractivity contribution in [3.05, 3.63) is 0 Å². The van der Waals surface area contributed by atoms with Gasteiger partial charge in [-0.3, -0.25) is 0 Å². The molecule has 1 nitrogen and oxygen atoms in total. The largest absolute Gasteiger partial charge is 0.389 e. The molecular formula is C9H16O. The zero-order chi connectivity index (χ0) is 7.24. The minimum atomic E-state index is -0.245. The minimum absolute atomic E-state index is 0.245. The van der Waals surface area contributed by atoms with Gasteiger partial charge in [-0.05, 0) is 37.5 Å². The minimum Gasteiger partial charge on any atom is -0.389 e. The van der Waals surface area contributed by atoms with Crippen molar-refractivity contribution in [3.63, 3.8) is 0 Å². The van der Waals surface area contributed by atoms with Crippen molar-refractivity contribution < 1.29 is 5.11 Å². The van der Waals surface area contributed by atoms with E-state index in [0.29, 0.717) is 5.41 Å². The molecule has 58 valence electrons. The van der Waals surface area contributed by atoms with Crippen LogP contribution in [0.4, 0.5) is 0 Å². The van der Waals surface area contributed by atoms with E-state index in [1.54, 1.807) is 0 Å². The summed E-state index contributed by atoms with van der Waals surface area (Å²) in [7, 11) is 0. The molecule has 0 saturated heterocycles. The van der Waals surface area contributed by atoms with Gasteiger partial charge in [0, 0.05) is 0 Å². The Hall–Kier alpha value is -0.0400. The highest BCUT2D eigenvalue weighted by molar-refractivity contribution is 5.05. The Labute approximate surface area is 62.4 Å². The van der Waals surface area contributed by atoms with Crippen LogP contribution in [-0.2, 0) is 0 Å². The van der Waals surface area contributed by atoms with Gasteiger partial charge in [0.25, 0.3) is 0 Å². The quantitative estimate of drug-likeness (QED) is 0.591. The molecule has 0 atom stereocenters. The fraction of sp³-hybridized carbons (Fsp3) is 1.00. The zero-order valence-electron chi connectivity index (χ0n) is 6.69. The Morgan fingerprint density at radius 2 is 1.50 bits per heavy atom. The molecule has 1 heteroatoms. The second-order valence-corrected chi connectivity index (χ2v) is 4.30. The van der Waals surface area contributed by atoms with Gasteiger partial charge in [-0.2, -0.15) is 0 Å². The maximum atomic E-state index is 9.99. The van der Waals surface area contributed by atoms with Gasteiger partial charge in [-0.15, -0.1) is 0 Å². The highest BCUT2D eigenvalue weighted by Gasteiger charge is 2.53. The first-order valence-corrected chi connectivity index (χ1v) is 4.39. The Balaban J connectivity index is 2.08. The van der Waals surface area contributed by atoms with E-state index in [1.165, 1.54) is 25.7 Å². The third kappa shape index (κ3) is 0.619. The van der Waals surface area contributed by atoms with Crippen molar-refractivity contribution in [3.8, 4) is 0 Å². The monoisotopic (exact) mass is 140 g/mol. The molecule has 2 saturated carbocycles. The molecule has 10 heavy (non-hydrogen) atoms. The van der Waals surface area contributed by atoms with Gasteiger partial charge < -0.3 is 5.11 Å². The maximum Gasteiger partial charge on any atom is 0.0701 e. The summed E-state index contributed by atoms with van der Waals surface area (Å²) in [6, 6.07) is 0. The van der Waals surface area contributed by atoms with Crippen LogP contribution in [0.5, 0.6) is 0 Å². The lowest BCUT2D eigenvalue weighted by atomic mass is 9.53. The van der Waals surface area contributed by atoms with Crippen molar-refractivity contribution in [1.29, 1.82) is 0 Å². The van der Waals surface area contributed by atoms with Crippen LogP contribution in [0.15, 0.2) is 0 Å². The third-order valence-electron chi connectivity index (χ3n) is 3.76. The van der Waals surface area contributed by atoms with Gasteiger partial charge in [0.2, 0.25) is 0 Å². The smallest absolute Gasteiger partial charge is 0.0701 e. The molecule has 0 amide bonds. The van der Waals surface area contributed by atoms with Gasteiger partial charge in [-0.25, -0.2) is 0 Å². The summed E-state index contributed by atoms with van der Waals surface area (Å²) in [6.45, 7) is 2.25. The van der Waals surface area contributed by atoms with Gasteiger partial charge >= 0.3 is 0 Å². The molecular weight excluding hydrogens is 124 g/mol. The molecule has 0 bridgehead atoms. The summed E-state index contributed by atoms with van der Waals surface area (Å²) in [6.07, 6.45) is 7.20. The molecule has 0 aromatic carbocycles. The molecule has 2 rings (SSSR count). The summed E-state index contributed by atoms with van der Waals surface area (Å²) in [5.74, 6) is 0. The summed E-state index contributed by atoms with van der Waals surface area (Å²) in [4.78, 5) is 0. The fourth-order valence-electron chi connectivity index (χ4n) is 2.29. The van der Waals surface area contributed by atoms with Crippen LogP contribution in [0.1, 0.15) is 45.4 Å². The van der Waals surface area contributed by atoms with Gasteiger partial charge in [-0.1, -0.05) is 13.3 Å². The highest BCUT2D eigenvalue weighted by atomic mass is 16.3. The molecule has 2 aliphatic carbocycles. The van der Waals surface area contributed by atoms with Gasteiger partial charge in [0.05, 0.1) is 5.60 Å². The Morgan fingerprint density at radius 1 is 1.00 bits per heavy atom. The van der Waals surface area contributed by atoms with Crippen LogP contribution in [0, 0.1) is 5.41 Å². The second-order valence-electron chi connectivity index (χ2n) is 4.30. The molecule has 1 N–H and O–H groups in total. The van der Waals surface area contributed by atoms with Crippen LogP contribution in [0.2, 0.25) is 0 Å². The van der Waals surface area contributed by atoms with Crippen molar-refractivity contribution in [2.45, 2.75) is 51.0 Å². The van der Waals surface area contributed by atoms with Crippen LogP contribution < -0.4 is 0 Å². The summed E-state index contributed by atoms with van der Waals surface area (Å²) < 4.78 is 0. The molecule has 0 heterocycles. The summed E-state index contributed by atoms with van der Waals surface area (Å²) in [5.41, 5.74) is 0.0660. The molecule has 0 spiro atoms. The number of hydrogen-bond acceptors (Lipinski definition) is 1. The molecule has 0 aromatic heterocycles. The van der Waals surface area contributed by atoms with E-state index < -0.39 is 0 Å². The SMILES string of the molecule is CC1(C2(O)CCC2)CCC1. The average molecular weight is 140 g/mol. The molecule has 0 radical (unpaired) electrons. The standard InChI is InChI=1S/C9H16O/c1-8(4-2-5-8)9(10)6-3-7-9/h10H,2-7H2,1H3. The number of aliphatic hydroxyl groups is 1. The van der Waals surface area contributed by atoms with Crippen LogP contribution >= 0.6 is 0 Å². The van der Waals surface area contributed by atoms with E-state index in [1.807, 2.05) is 0 Å². The third-order valence-corrected chi connectivity index (χ3v) is 3.76. The van der Waals surface area contributed by atoms with Crippen molar-refractivity contribution in [1.82, 2.24) is 0 Å². The van der Waals surface area contributed by atoms with E-state index in [9.17, 15) is 5.11 Å². The average Bonchev–Trinajstić information content (AvgIpc) is 1.77. The van der Waals surface area contributed by atoms with Gasteiger partial charge in [0.15, 0.2) is 0 Å². The maximum absolute atomic E-state index is 9.99. The van der Waals surface area contributed by atoms with Crippen LogP contribution in [-0.4, -0.2) is 10.7 Å². The first-order chi connectivity index (χ1) is 4.66. The topological polar surface area (TPSA) is 20.2 Å². The van der Waals surface area contributed by atoms with Crippen LogP contribution in [0.25, 0.3) is 0 Å². The van der Waals surface area contributed by atoms with Crippen molar-refractivity contribution in [2.75, 3.05) is 0 Å². The first kappa shape index (κ1) is 6.66. The van der Waals surface area contributed by atoms with Crippen LogP contribution in [0.3, 0.4) is 0 Å². The fourth-order valence-corrected chi connectivity index (χ4v) is 2.29.